The lowest BCUT2D eigenvalue weighted by molar-refractivity contribution is 0.781. The van der Waals surface area contributed by atoms with E-state index in [0.29, 0.717) is 5.92 Å². The van der Waals surface area contributed by atoms with Crippen molar-refractivity contribution in [3.8, 4) is 0 Å². The lowest BCUT2D eigenvalue weighted by atomic mass is 10.2. The lowest BCUT2D eigenvalue weighted by Crippen LogP contribution is -1.96. The molecule has 0 unspecified atom stereocenters. The van der Waals surface area contributed by atoms with Crippen LogP contribution in [0.4, 0.5) is 0 Å². The van der Waals surface area contributed by atoms with E-state index in [9.17, 15) is 0 Å². The van der Waals surface area contributed by atoms with Crippen LogP contribution >= 0.6 is 0 Å². The Labute approximate surface area is 77.6 Å². The Balaban J connectivity index is 2.62. The second-order valence-electron chi connectivity index (χ2n) is 3.37. The quantitative estimate of drug-likeness (QED) is 0.659. The molecular weight excluding hydrogens is 160 g/mol. The van der Waals surface area contributed by atoms with E-state index >= 15 is 0 Å². The molecule has 1 radical (unpaired) electrons. The van der Waals surface area contributed by atoms with E-state index in [2.05, 4.69) is 30.0 Å². The first-order chi connectivity index (χ1) is 6.27. The van der Waals surface area contributed by atoms with Gasteiger partial charge in [0.05, 0.1) is 5.52 Å². The van der Waals surface area contributed by atoms with Gasteiger partial charge >= 0.3 is 0 Å². The molecule has 0 aliphatic heterocycles. The van der Waals surface area contributed by atoms with E-state index in [0.717, 1.165) is 16.7 Å². The summed E-state index contributed by atoms with van der Waals surface area (Å²) in [6.45, 7) is 4.16. The minimum atomic E-state index is 0.362. The van der Waals surface area contributed by atoms with Gasteiger partial charge in [0.25, 0.3) is 0 Å². The normalized spacial score (nSPS) is 11.0. The molecule has 2 rings (SSSR count). The molecule has 0 aliphatic carbocycles. The van der Waals surface area contributed by atoms with Crippen LogP contribution in [0.25, 0.3) is 10.9 Å². The molecule has 0 bridgehead atoms. The van der Waals surface area contributed by atoms with Gasteiger partial charge in [-0.3, -0.25) is 0 Å². The van der Waals surface area contributed by atoms with Crippen molar-refractivity contribution in [3.05, 3.63) is 36.3 Å². The molecular formula is C11H11N2. The molecule has 1 heterocycles. The molecule has 0 saturated heterocycles. The summed E-state index contributed by atoms with van der Waals surface area (Å²) in [4.78, 5) is 8.60. The van der Waals surface area contributed by atoms with Gasteiger partial charge in [0, 0.05) is 11.3 Å². The minimum Gasteiger partial charge on any atom is -0.233 e. The standard InChI is InChI=1S/C11H11N2/c1-8(2)11-12-7-9-5-3-4-6-10(9)13-11/h3-6,8H,1-2H3. The van der Waals surface area contributed by atoms with Gasteiger partial charge in [0.2, 0.25) is 0 Å². The highest BCUT2D eigenvalue weighted by atomic mass is 14.9. The highest BCUT2D eigenvalue weighted by Crippen LogP contribution is 2.13. The fourth-order valence-electron chi connectivity index (χ4n) is 1.19. The Kier molecular flexibility index (Phi) is 1.97. The number of hydrogen-bond acceptors (Lipinski definition) is 2. The van der Waals surface area contributed by atoms with Gasteiger partial charge in [-0.15, -0.1) is 0 Å². The molecule has 2 nitrogen and oxygen atoms in total. The predicted molar refractivity (Wildman–Crippen MR) is 52.5 cm³/mol. The van der Waals surface area contributed by atoms with Crippen molar-refractivity contribution in [1.82, 2.24) is 9.97 Å². The summed E-state index contributed by atoms with van der Waals surface area (Å²) in [5, 5.41) is 0.979. The van der Waals surface area contributed by atoms with Crippen LogP contribution in [0.1, 0.15) is 25.6 Å². The molecule has 13 heavy (non-hydrogen) atoms. The van der Waals surface area contributed by atoms with Crippen LogP contribution in [0.5, 0.6) is 0 Å². The van der Waals surface area contributed by atoms with Gasteiger partial charge in [-0.1, -0.05) is 32.0 Å². The van der Waals surface area contributed by atoms with Crippen molar-refractivity contribution in [2.75, 3.05) is 0 Å². The third kappa shape index (κ3) is 1.52. The predicted octanol–water partition coefficient (Wildman–Crippen LogP) is 2.55. The first kappa shape index (κ1) is 8.17. The van der Waals surface area contributed by atoms with Crippen LogP contribution in [-0.4, -0.2) is 9.97 Å². The van der Waals surface area contributed by atoms with Crippen LogP contribution in [0.3, 0.4) is 0 Å². The van der Waals surface area contributed by atoms with Gasteiger partial charge in [0.15, 0.2) is 0 Å². The van der Waals surface area contributed by atoms with E-state index in [1.165, 1.54) is 0 Å². The van der Waals surface area contributed by atoms with Gasteiger partial charge in [-0.2, -0.15) is 0 Å². The van der Waals surface area contributed by atoms with Gasteiger partial charge in [-0.05, 0) is 6.07 Å². The minimum absolute atomic E-state index is 0.362. The number of hydrogen-bond donors (Lipinski definition) is 0. The Hall–Kier alpha value is -1.44. The van der Waals surface area contributed by atoms with Crippen LogP contribution in [0.15, 0.2) is 24.3 Å². The molecule has 0 spiro atoms. The van der Waals surface area contributed by atoms with E-state index in [1.54, 1.807) is 0 Å². The Morgan fingerprint density at radius 3 is 2.77 bits per heavy atom. The SMILES string of the molecule is CC(C)c1n[c]c2ccccc2n1. The number of aromatic nitrogens is 2. The molecule has 65 valence electrons. The lowest BCUT2D eigenvalue weighted by Gasteiger charge is -2.03. The molecule has 2 heteroatoms. The van der Waals surface area contributed by atoms with Crippen molar-refractivity contribution in [2.24, 2.45) is 0 Å². The highest BCUT2D eigenvalue weighted by molar-refractivity contribution is 5.76. The third-order valence-corrected chi connectivity index (χ3v) is 1.95. The molecule has 1 aromatic heterocycles. The van der Waals surface area contributed by atoms with Crippen LogP contribution in [0.2, 0.25) is 0 Å². The summed E-state index contributed by atoms with van der Waals surface area (Å²) in [6.07, 6.45) is 2.99. The molecule has 0 atom stereocenters. The molecule has 2 aromatic rings. The topological polar surface area (TPSA) is 25.8 Å². The van der Waals surface area contributed by atoms with Gasteiger partial charge in [0.1, 0.15) is 12.0 Å². The van der Waals surface area contributed by atoms with Crippen molar-refractivity contribution in [2.45, 2.75) is 19.8 Å². The fourth-order valence-corrected chi connectivity index (χ4v) is 1.19. The maximum atomic E-state index is 4.43. The Morgan fingerprint density at radius 2 is 2.00 bits per heavy atom. The molecule has 0 fully saturated rings. The Bertz CT molecular complexity index is 421. The van der Waals surface area contributed by atoms with Crippen LogP contribution < -0.4 is 0 Å². The first-order valence-electron chi connectivity index (χ1n) is 4.42. The van der Waals surface area contributed by atoms with E-state index < -0.39 is 0 Å². The van der Waals surface area contributed by atoms with Crippen molar-refractivity contribution in [3.63, 3.8) is 0 Å². The van der Waals surface area contributed by atoms with Crippen LogP contribution in [0, 0.1) is 6.20 Å². The van der Waals surface area contributed by atoms with Gasteiger partial charge in [-0.25, -0.2) is 9.97 Å². The van der Waals surface area contributed by atoms with E-state index in [1.807, 2.05) is 24.3 Å². The summed E-state index contributed by atoms with van der Waals surface area (Å²) < 4.78 is 0. The molecule has 0 aliphatic rings. The average molecular weight is 171 g/mol. The molecule has 0 saturated carbocycles. The average Bonchev–Trinajstić information content (AvgIpc) is 2.17. The largest absolute Gasteiger partial charge is 0.233 e. The second kappa shape index (κ2) is 3.13. The van der Waals surface area contributed by atoms with Crippen molar-refractivity contribution >= 4 is 10.9 Å². The smallest absolute Gasteiger partial charge is 0.132 e. The number of rotatable bonds is 1. The molecule has 0 amide bonds. The zero-order chi connectivity index (χ0) is 9.26. The highest BCUT2D eigenvalue weighted by Gasteiger charge is 2.03. The summed E-state index contributed by atoms with van der Waals surface area (Å²) >= 11 is 0. The van der Waals surface area contributed by atoms with E-state index in [-0.39, 0.29) is 0 Å². The number of fused-ring (bicyclic) bond motifs is 1. The van der Waals surface area contributed by atoms with Crippen LogP contribution in [-0.2, 0) is 0 Å². The van der Waals surface area contributed by atoms with Crippen molar-refractivity contribution in [1.29, 1.82) is 0 Å². The maximum Gasteiger partial charge on any atom is 0.132 e. The Morgan fingerprint density at radius 1 is 1.23 bits per heavy atom. The second-order valence-corrected chi connectivity index (χ2v) is 3.37. The summed E-state index contributed by atoms with van der Waals surface area (Å²) in [5.41, 5.74) is 0.973. The maximum absolute atomic E-state index is 4.43. The number of benzene rings is 1. The monoisotopic (exact) mass is 171 g/mol. The first-order valence-corrected chi connectivity index (χ1v) is 4.42. The van der Waals surface area contributed by atoms with E-state index in [4.69, 9.17) is 0 Å². The zero-order valence-electron chi connectivity index (χ0n) is 7.78. The molecule has 1 aromatic carbocycles. The third-order valence-electron chi connectivity index (χ3n) is 1.95. The summed E-state index contributed by atoms with van der Waals surface area (Å²) in [6, 6.07) is 7.91. The van der Waals surface area contributed by atoms with Crippen molar-refractivity contribution < 1.29 is 0 Å². The number of nitrogens with zero attached hydrogens (tertiary/aromatic N) is 2. The number of para-hydroxylation sites is 1. The summed E-state index contributed by atoms with van der Waals surface area (Å²) in [7, 11) is 0. The zero-order valence-corrected chi connectivity index (χ0v) is 7.78. The summed E-state index contributed by atoms with van der Waals surface area (Å²) in [5.74, 6) is 1.22. The fraction of sp³-hybridized carbons (Fsp3) is 0.273. The molecule has 0 N–H and O–H groups in total. The van der Waals surface area contributed by atoms with Gasteiger partial charge < -0.3 is 0 Å².